The van der Waals surface area contributed by atoms with Crippen molar-refractivity contribution in [3.05, 3.63) is 35.9 Å². The van der Waals surface area contributed by atoms with E-state index in [1.165, 1.54) is 7.11 Å². The van der Waals surface area contributed by atoms with Gasteiger partial charge < -0.3 is 20.3 Å². The Bertz CT molecular complexity index is 420. The molecule has 0 saturated carbocycles. The molecule has 0 aliphatic carbocycles. The molecule has 0 aromatic heterocycles. The zero-order valence-corrected chi connectivity index (χ0v) is 10.6. The summed E-state index contributed by atoms with van der Waals surface area (Å²) in [4.78, 5) is 22.3. The summed E-state index contributed by atoms with van der Waals surface area (Å²) in [6.45, 7) is 0.0684. The Balaban J connectivity index is 2.49. The van der Waals surface area contributed by atoms with Gasteiger partial charge in [-0.25, -0.2) is 4.79 Å². The lowest BCUT2D eigenvalue weighted by Gasteiger charge is -2.16. The molecule has 104 valence electrons. The number of hydrogen-bond acceptors (Lipinski definition) is 4. The lowest BCUT2D eigenvalue weighted by molar-refractivity contribution is -0.147. The van der Waals surface area contributed by atoms with Crippen molar-refractivity contribution in [1.82, 2.24) is 5.32 Å². The fraction of sp³-hybridized carbons (Fsp3) is 0.385. The van der Waals surface area contributed by atoms with E-state index < -0.39 is 18.2 Å². The van der Waals surface area contributed by atoms with Crippen LogP contribution in [0.25, 0.3) is 0 Å². The highest BCUT2D eigenvalue weighted by Gasteiger charge is 2.20. The third kappa shape index (κ3) is 4.69. The predicted octanol–water partition coefficient (Wildman–Crippen LogP) is 0.326. The van der Waals surface area contributed by atoms with Crippen molar-refractivity contribution in [1.29, 1.82) is 0 Å². The molecule has 1 rings (SSSR count). The van der Waals surface area contributed by atoms with Gasteiger partial charge in [0.05, 0.1) is 0 Å². The minimum atomic E-state index is -1.47. The molecule has 3 N–H and O–H groups in total. The van der Waals surface area contributed by atoms with E-state index in [0.717, 1.165) is 0 Å². The van der Waals surface area contributed by atoms with Gasteiger partial charge in [0.15, 0.2) is 12.2 Å². The van der Waals surface area contributed by atoms with Crippen LogP contribution in [0, 0.1) is 0 Å². The average Bonchev–Trinajstić information content (AvgIpc) is 2.40. The zero-order valence-electron chi connectivity index (χ0n) is 10.6. The number of nitrogens with one attached hydrogen (secondary N) is 1. The summed E-state index contributed by atoms with van der Waals surface area (Å²) in [6.07, 6.45) is -2.27. The first kappa shape index (κ1) is 15.1. The lowest BCUT2D eigenvalue weighted by atomic mass is 10.1. The molecule has 0 aliphatic heterocycles. The predicted molar refractivity (Wildman–Crippen MR) is 67.5 cm³/mol. The molecule has 0 spiro atoms. The summed E-state index contributed by atoms with van der Waals surface area (Å²) >= 11 is 0. The molecule has 1 aromatic carbocycles. The van der Waals surface area contributed by atoms with Gasteiger partial charge in [0.1, 0.15) is 0 Å². The van der Waals surface area contributed by atoms with E-state index >= 15 is 0 Å². The van der Waals surface area contributed by atoms with Crippen LogP contribution in [0.5, 0.6) is 0 Å². The molecule has 2 unspecified atom stereocenters. The molecule has 0 saturated heterocycles. The third-order valence-electron chi connectivity index (χ3n) is 2.58. The molecule has 2 atom stereocenters. The number of rotatable bonds is 7. The Kier molecular flexibility index (Phi) is 5.98. The highest BCUT2D eigenvalue weighted by molar-refractivity contribution is 5.82. The molecular weight excluding hydrogens is 250 g/mol. The number of aliphatic hydroxyl groups excluding tert-OH is 1. The van der Waals surface area contributed by atoms with Crippen LogP contribution in [0.4, 0.5) is 0 Å². The summed E-state index contributed by atoms with van der Waals surface area (Å²) in [5.41, 5.74) is 0.710. The van der Waals surface area contributed by atoms with Crippen molar-refractivity contribution >= 4 is 11.9 Å². The fourth-order valence-corrected chi connectivity index (χ4v) is 1.57. The van der Waals surface area contributed by atoms with Crippen molar-refractivity contribution in [2.24, 2.45) is 0 Å². The maximum absolute atomic E-state index is 11.9. The number of carboxylic acids is 1. The van der Waals surface area contributed by atoms with Gasteiger partial charge in [-0.05, 0) is 5.56 Å². The summed E-state index contributed by atoms with van der Waals surface area (Å²) in [7, 11) is 1.42. The molecule has 0 fully saturated rings. The van der Waals surface area contributed by atoms with Crippen LogP contribution in [-0.2, 0) is 14.3 Å². The highest BCUT2D eigenvalue weighted by atomic mass is 16.5. The van der Waals surface area contributed by atoms with Crippen molar-refractivity contribution in [2.45, 2.75) is 18.6 Å². The minimum Gasteiger partial charge on any atom is -0.479 e. The molecule has 0 aliphatic rings. The Morgan fingerprint density at radius 3 is 2.47 bits per heavy atom. The van der Waals surface area contributed by atoms with E-state index in [-0.39, 0.29) is 18.9 Å². The summed E-state index contributed by atoms with van der Waals surface area (Å²) in [5, 5.41) is 20.1. The van der Waals surface area contributed by atoms with Crippen molar-refractivity contribution in [2.75, 3.05) is 13.7 Å². The summed E-state index contributed by atoms with van der Waals surface area (Å²) in [6, 6.07) is 8.95. The van der Waals surface area contributed by atoms with Gasteiger partial charge in [-0.3, -0.25) is 4.79 Å². The molecule has 19 heavy (non-hydrogen) atoms. The van der Waals surface area contributed by atoms with E-state index in [1.54, 1.807) is 24.3 Å². The summed E-state index contributed by atoms with van der Waals surface area (Å²) < 4.78 is 5.11. The van der Waals surface area contributed by atoms with Crippen LogP contribution in [0.15, 0.2) is 30.3 Å². The van der Waals surface area contributed by atoms with Gasteiger partial charge >= 0.3 is 5.97 Å². The quantitative estimate of drug-likeness (QED) is 0.661. The monoisotopic (exact) mass is 267 g/mol. The van der Waals surface area contributed by atoms with E-state index in [4.69, 9.17) is 14.9 Å². The Hall–Kier alpha value is -1.92. The second-order valence-electron chi connectivity index (χ2n) is 3.96. The van der Waals surface area contributed by atoms with Gasteiger partial charge in [0.2, 0.25) is 0 Å². The Morgan fingerprint density at radius 2 is 1.95 bits per heavy atom. The summed E-state index contributed by atoms with van der Waals surface area (Å²) in [5.74, 6) is -1.67. The topological polar surface area (TPSA) is 95.9 Å². The highest BCUT2D eigenvalue weighted by Crippen LogP contribution is 2.15. The van der Waals surface area contributed by atoms with Crippen molar-refractivity contribution in [3.8, 4) is 0 Å². The van der Waals surface area contributed by atoms with Crippen LogP contribution >= 0.6 is 0 Å². The van der Waals surface area contributed by atoms with Gasteiger partial charge in [0, 0.05) is 20.1 Å². The molecule has 0 heterocycles. The minimum absolute atomic E-state index is 0.0493. The largest absolute Gasteiger partial charge is 0.479 e. The number of carbonyl (C=O) groups excluding carboxylic acids is 1. The first-order valence-corrected chi connectivity index (χ1v) is 5.82. The van der Waals surface area contributed by atoms with E-state index in [1.807, 2.05) is 6.07 Å². The number of aliphatic carboxylic acids is 1. The second-order valence-corrected chi connectivity index (χ2v) is 3.96. The van der Waals surface area contributed by atoms with E-state index in [0.29, 0.717) is 5.56 Å². The number of amides is 1. The number of carbonyl (C=O) groups is 2. The maximum Gasteiger partial charge on any atom is 0.332 e. The van der Waals surface area contributed by atoms with Crippen LogP contribution < -0.4 is 5.32 Å². The smallest absolute Gasteiger partial charge is 0.332 e. The number of benzene rings is 1. The molecule has 6 nitrogen and oxygen atoms in total. The van der Waals surface area contributed by atoms with Crippen LogP contribution in [0.3, 0.4) is 0 Å². The zero-order chi connectivity index (χ0) is 14.3. The maximum atomic E-state index is 11.9. The number of carboxylic acid groups (broad SMARTS) is 1. The van der Waals surface area contributed by atoms with Gasteiger partial charge in [-0.2, -0.15) is 0 Å². The second kappa shape index (κ2) is 7.50. The first-order valence-electron chi connectivity index (χ1n) is 5.82. The first-order chi connectivity index (χ1) is 9.06. The molecule has 0 radical (unpaired) electrons. The molecule has 1 aromatic rings. The molecule has 0 bridgehead atoms. The van der Waals surface area contributed by atoms with Gasteiger partial charge in [-0.1, -0.05) is 30.3 Å². The molecular formula is C13H17NO5. The van der Waals surface area contributed by atoms with E-state index in [9.17, 15) is 9.59 Å². The average molecular weight is 267 g/mol. The molecule has 6 heteroatoms. The fourth-order valence-electron chi connectivity index (χ4n) is 1.57. The number of methoxy groups -OCH3 is 1. The molecule has 1 amide bonds. The normalized spacial score (nSPS) is 13.6. The number of hydrogen-bond donors (Lipinski definition) is 3. The van der Waals surface area contributed by atoms with Crippen LogP contribution in [-0.4, -0.2) is 41.8 Å². The van der Waals surface area contributed by atoms with Crippen LogP contribution in [0.2, 0.25) is 0 Å². The lowest BCUT2D eigenvalue weighted by Crippen LogP contribution is -2.34. The van der Waals surface area contributed by atoms with Gasteiger partial charge in [-0.15, -0.1) is 0 Å². The van der Waals surface area contributed by atoms with Crippen molar-refractivity contribution < 1.29 is 24.5 Å². The number of ether oxygens (including phenoxy) is 1. The van der Waals surface area contributed by atoms with Crippen LogP contribution in [0.1, 0.15) is 18.1 Å². The third-order valence-corrected chi connectivity index (χ3v) is 2.58. The Morgan fingerprint density at radius 1 is 1.32 bits per heavy atom. The van der Waals surface area contributed by atoms with Crippen molar-refractivity contribution in [3.63, 3.8) is 0 Å². The Labute approximate surface area is 111 Å². The standard InChI is InChI=1S/C13H17NO5/c1-19-11(9-5-3-2-4-6-9)12(16)14-8-7-10(15)13(17)18/h2-6,10-11,15H,7-8H2,1H3,(H,14,16)(H,17,18). The SMILES string of the molecule is COC(C(=O)NCCC(O)C(=O)O)c1ccccc1. The van der Waals surface area contributed by atoms with Gasteiger partial charge in [0.25, 0.3) is 5.91 Å². The van der Waals surface area contributed by atoms with E-state index in [2.05, 4.69) is 5.32 Å². The number of aliphatic hydroxyl groups is 1.